The number of piperidine rings is 1. The summed E-state index contributed by atoms with van der Waals surface area (Å²) >= 11 is 1.22. The number of benzene rings is 1. The first-order chi connectivity index (χ1) is 14.0. The molecule has 2 aromatic rings. The van der Waals surface area contributed by atoms with Gasteiger partial charge in [0.15, 0.2) is 0 Å². The number of thiophene rings is 1. The molecule has 8 heteroatoms. The Labute approximate surface area is 176 Å². The maximum atomic E-state index is 13.1. The van der Waals surface area contributed by atoms with Crippen LogP contribution in [0.15, 0.2) is 46.0 Å². The molecule has 1 amide bonds. The molecule has 0 radical (unpaired) electrons. The second kappa shape index (κ2) is 9.53. The summed E-state index contributed by atoms with van der Waals surface area (Å²) in [5.41, 5.74) is 1.59. The lowest BCUT2D eigenvalue weighted by atomic mass is 9.96. The summed E-state index contributed by atoms with van der Waals surface area (Å²) in [7, 11) is -3.45. The van der Waals surface area contributed by atoms with Gasteiger partial charge in [-0.25, -0.2) is 8.42 Å². The van der Waals surface area contributed by atoms with Gasteiger partial charge in [-0.3, -0.25) is 4.79 Å². The summed E-state index contributed by atoms with van der Waals surface area (Å²) in [5, 5.41) is 10.7. The second-order valence-corrected chi connectivity index (χ2v) is 10.3. The molecule has 0 atom stereocenters. The molecule has 1 aliphatic rings. The van der Waals surface area contributed by atoms with E-state index in [0.717, 1.165) is 12.0 Å². The summed E-state index contributed by atoms with van der Waals surface area (Å²) in [6, 6.07) is 12.7. The highest BCUT2D eigenvalue weighted by Gasteiger charge is 2.34. The van der Waals surface area contributed by atoms with Crippen molar-refractivity contribution in [1.29, 1.82) is 5.26 Å². The van der Waals surface area contributed by atoms with Gasteiger partial charge in [-0.15, -0.1) is 11.3 Å². The quantitative estimate of drug-likeness (QED) is 0.672. The Morgan fingerprint density at radius 2 is 1.93 bits per heavy atom. The van der Waals surface area contributed by atoms with E-state index in [4.69, 9.17) is 5.26 Å². The zero-order chi connectivity index (χ0) is 20.9. The van der Waals surface area contributed by atoms with Crippen molar-refractivity contribution in [2.75, 3.05) is 19.6 Å². The molecule has 1 fully saturated rings. The van der Waals surface area contributed by atoms with Crippen LogP contribution in [0.2, 0.25) is 0 Å². The minimum Gasteiger partial charge on any atom is -0.338 e. The Bertz CT molecular complexity index is 956. The Morgan fingerprint density at radius 3 is 2.48 bits per heavy atom. The van der Waals surface area contributed by atoms with E-state index < -0.39 is 10.0 Å². The number of nitriles is 1. The number of hydrogen-bond acceptors (Lipinski definition) is 5. The van der Waals surface area contributed by atoms with Crippen molar-refractivity contribution < 1.29 is 13.2 Å². The second-order valence-electron chi connectivity index (χ2n) is 7.18. The zero-order valence-corrected chi connectivity index (χ0v) is 18.1. The monoisotopic (exact) mass is 431 g/mol. The highest BCUT2D eigenvalue weighted by Crippen LogP contribution is 2.27. The minimum atomic E-state index is -3.45. The van der Waals surface area contributed by atoms with Crippen LogP contribution < -0.4 is 0 Å². The first-order valence-corrected chi connectivity index (χ1v) is 12.1. The molecular formula is C21H25N3O3S2. The van der Waals surface area contributed by atoms with Crippen LogP contribution in [0.25, 0.3) is 0 Å². The molecule has 29 heavy (non-hydrogen) atoms. The van der Waals surface area contributed by atoms with E-state index in [1.54, 1.807) is 29.6 Å². The number of carbonyl (C=O) groups is 1. The van der Waals surface area contributed by atoms with Crippen LogP contribution in [0.5, 0.6) is 0 Å². The standard InChI is InChI=1S/C21H25N3O3S2/c1-2-11-23(16-18-7-5-17(15-22)6-8-18)21(25)19-9-12-24(13-10-19)29(26,27)20-4-3-14-28-20/h3-8,14,19H,2,9-13,16H2,1H3. The smallest absolute Gasteiger partial charge is 0.252 e. The Balaban J connectivity index is 1.63. The first kappa shape index (κ1) is 21.5. The van der Waals surface area contributed by atoms with Gasteiger partial charge in [-0.1, -0.05) is 25.1 Å². The number of carbonyl (C=O) groups excluding carboxylic acids is 1. The van der Waals surface area contributed by atoms with E-state index in [1.807, 2.05) is 24.0 Å². The Hall–Kier alpha value is -2.21. The Kier molecular flexibility index (Phi) is 7.06. The third-order valence-electron chi connectivity index (χ3n) is 5.15. The molecule has 6 nitrogen and oxygen atoms in total. The van der Waals surface area contributed by atoms with E-state index in [2.05, 4.69) is 6.07 Å². The molecule has 0 saturated carbocycles. The molecule has 0 spiro atoms. The van der Waals surface area contributed by atoms with Crippen molar-refractivity contribution >= 4 is 27.3 Å². The first-order valence-electron chi connectivity index (χ1n) is 9.77. The molecule has 1 saturated heterocycles. The van der Waals surface area contributed by atoms with Crippen molar-refractivity contribution in [3.63, 3.8) is 0 Å². The molecular weight excluding hydrogens is 406 g/mol. The SMILES string of the molecule is CCCN(Cc1ccc(C#N)cc1)C(=O)C1CCN(S(=O)(=O)c2cccs2)CC1. The summed E-state index contributed by atoms with van der Waals surface area (Å²) in [6.45, 7) is 3.94. The van der Waals surface area contributed by atoms with E-state index in [1.165, 1.54) is 15.6 Å². The predicted molar refractivity (Wildman–Crippen MR) is 113 cm³/mol. The molecule has 1 aromatic carbocycles. The molecule has 0 aliphatic carbocycles. The number of rotatable bonds is 7. The zero-order valence-electron chi connectivity index (χ0n) is 16.5. The fourth-order valence-electron chi connectivity index (χ4n) is 3.58. The minimum absolute atomic E-state index is 0.0874. The molecule has 1 aromatic heterocycles. The van der Waals surface area contributed by atoms with Crippen LogP contribution in [-0.2, 0) is 21.4 Å². The van der Waals surface area contributed by atoms with Crippen molar-refractivity contribution in [3.8, 4) is 6.07 Å². The summed E-state index contributed by atoms with van der Waals surface area (Å²) in [4.78, 5) is 15.0. The fraction of sp³-hybridized carbons (Fsp3) is 0.429. The molecule has 154 valence electrons. The van der Waals surface area contributed by atoms with Crippen LogP contribution in [0.1, 0.15) is 37.3 Å². The van der Waals surface area contributed by atoms with E-state index >= 15 is 0 Å². The van der Waals surface area contributed by atoms with Gasteiger partial charge < -0.3 is 4.90 Å². The average Bonchev–Trinajstić information content (AvgIpc) is 3.29. The average molecular weight is 432 g/mol. The third-order valence-corrected chi connectivity index (χ3v) is 8.43. The van der Waals surface area contributed by atoms with Crippen LogP contribution in [0.3, 0.4) is 0 Å². The van der Waals surface area contributed by atoms with Gasteiger partial charge in [-0.05, 0) is 48.4 Å². The van der Waals surface area contributed by atoms with Gasteiger partial charge in [0.1, 0.15) is 4.21 Å². The topological polar surface area (TPSA) is 81.5 Å². The predicted octanol–water partition coefficient (Wildman–Crippen LogP) is 3.46. The number of hydrogen-bond donors (Lipinski definition) is 0. The fourth-order valence-corrected chi connectivity index (χ4v) is 6.20. The highest BCUT2D eigenvalue weighted by atomic mass is 32.2. The molecule has 1 aliphatic heterocycles. The maximum absolute atomic E-state index is 13.1. The number of amides is 1. The van der Waals surface area contributed by atoms with Gasteiger partial charge in [-0.2, -0.15) is 9.57 Å². The molecule has 2 heterocycles. The van der Waals surface area contributed by atoms with Gasteiger partial charge >= 0.3 is 0 Å². The van der Waals surface area contributed by atoms with Crippen LogP contribution in [0.4, 0.5) is 0 Å². The van der Waals surface area contributed by atoms with Crippen molar-refractivity contribution in [3.05, 3.63) is 52.9 Å². The van der Waals surface area contributed by atoms with Crippen LogP contribution in [0, 0.1) is 17.2 Å². The van der Waals surface area contributed by atoms with E-state index in [9.17, 15) is 13.2 Å². The number of nitrogens with zero attached hydrogens (tertiary/aromatic N) is 3. The van der Waals surface area contributed by atoms with E-state index in [0.29, 0.717) is 48.8 Å². The maximum Gasteiger partial charge on any atom is 0.252 e. The lowest BCUT2D eigenvalue weighted by Crippen LogP contribution is -2.44. The van der Waals surface area contributed by atoms with Crippen molar-refractivity contribution in [2.24, 2.45) is 5.92 Å². The van der Waals surface area contributed by atoms with Gasteiger partial charge in [0.05, 0.1) is 11.6 Å². The largest absolute Gasteiger partial charge is 0.338 e. The normalized spacial score (nSPS) is 15.7. The Morgan fingerprint density at radius 1 is 1.24 bits per heavy atom. The lowest BCUT2D eigenvalue weighted by Gasteiger charge is -2.33. The van der Waals surface area contributed by atoms with Crippen LogP contribution >= 0.6 is 11.3 Å². The number of sulfonamides is 1. The van der Waals surface area contributed by atoms with Crippen molar-refractivity contribution in [2.45, 2.75) is 36.9 Å². The molecule has 3 rings (SSSR count). The summed E-state index contributed by atoms with van der Waals surface area (Å²) < 4.78 is 27.2. The van der Waals surface area contributed by atoms with Gasteiger partial charge in [0.25, 0.3) is 10.0 Å². The van der Waals surface area contributed by atoms with Crippen LogP contribution in [-0.4, -0.2) is 43.2 Å². The van der Waals surface area contributed by atoms with Gasteiger partial charge in [0.2, 0.25) is 5.91 Å². The third kappa shape index (κ3) is 5.04. The molecule has 0 unspecified atom stereocenters. The van der Waals surface area contributed by atoms with E-state index in [-0.39, 0.29) is 11.8 Å². The van der Waals surface area contributed by atoms with Gasteiger partial charge in [0, 0.05) is 32.1 Å². The summed E-state index contributed by atoms with van der Waals surface area (Å²) in [5.74, 6) is -0.0703. The lowest BCUT2D eigenvalue weighted by molar-refractivity contribution is -0.137. The molecule has 0 bridgehead atoms. The molecule has 0 N–H and O–H groups in total. The van der Waals surface area contributed by atoms with Crippen molar-refractivity contribution in [1.82, 2.24) is 9.21 Å². The summed E-state index contributed by atoms with van der Waals surface area (Å²) in [6.07, 6.45) is 1.93. The highest BCUT2D eigenvalue weighted by molar-refractivity contribution is 7.91.